The molecule has 0 fully saturated rings. The average Bonchev–Trinajstić information content (AvgIpc) is 2.86. The minimum Gasteiger partial charge on any atom is -0.481 e. The second kappa shape index (κ2) is 5.75. The van der Waals surface area contributed by atoms with Gasteiger partial charge in [-0.3, -0.25) is 10.1 Å². The minimum absolute atomic E-state index is 0.281. The molecule has 1 amide bonds. The lowest BCUT2D eigenvalue weighted by Gasteiger charge is -2.14. The number of ether oxygens (including phenoxy) is 1. The number of carbonyl (C=O) groups excluding carboxylic acids is 1. The summed E-state index contributed by atoms with van der Waals surface area (Å²) in [6.07, 6.45) is -0.619. The van der Waals surface area contributed by atoms with Crippen LogP contribution in [0.25, 0.3) is 0 Å². The zero-order valence-electron chi connectivity index (χ0n) is 10.9. The molecule has 0 aliphatic carbocycles. The summed E-state index contributed by atoms with van der Waals surface area (Å²) in [5, 5.41) is 9.99. The van der Waals surface area contributed by atoms with Gasteiger partial charge in [0.2, 0.25) is 5.13 Å². The largest absolute Gasteiger partial charge is 0.481 e. The van der Waals surface area contributed by atoms with Crippen molar-refractivity contribution in [2.45, 2.75) is 26.9 Å². The standard InChI is InChI=1S/C12H14N4O2S/c1-7-4-5-10(6-8(7)2)18-9(3)11(17)13-12-14-15-16-19-12/h4-6,9H,1-3H3,(H,13,14,16,17). The highest BCUT2D eigenvalue weighted by atomic mass is 32.1. The number of aromatic nitrogens is 3. The van der Waals surface area contributed by atoms with Gasteiger partial charge in [-0.1, -0.05) is 15.7 Å². The fourth-order valence-electron chi connectivity index (χ4n) is 1.43. The second-order valence-corrected chi connectivity index (χ2v) is 4.90. The first-order valence-corrected chi connectivity index (χ1v) is 6.53. The van der Waals surface area contributed by atoms with Gasteiger partial charge < -0.3 is 4.74 Å². The number of nitrogens with zero attached hydrogens (tertiary/aromatic N) is 3. The molecule has 1 N–H and O–H groups in total. The highest BCUT2D eigenvalue weighted by Crippen LogP contribution is 2.18. The van der Waals surface area contributed by atoms with Gasteiger partial charge in [-0.2, -0.15) is 0 Å². The van der Waals surface area contributed by atoms with Crippen LogP contribution in [-0.4, -0.2) is 26.8 Å². The quantitative estimate of drug-likeness (QED) is 0.925. The topological polar surface area (TPSA) is 77.0 Å². The van der Waals surface area contributed by atoms with Gasteiger partial charge in [-0.05, 0) is 49.2 Å². The third kappa shape index (κ3) is 3.47. The third-order valence-corrected chi connectivity index (χ3v) is 3.20. The molecular weight excluding hydrogens is 264 g/mol. The molecule has 0 spiro atoms. The van der Waals surface area contributed by atoms with Crippen molar-refractivity contribution in [3.63, 3.8) is 0 Å². The molecule has 7 heteroatoms. The van der Waals surface area contributed by atoms with Crippen LogP contribution in [0.4, 0.5) is 5.13 Å². The van der Waals surface area contributed by atoms with Gasteiger partial charge in [0.05, 0.1) is 0 Å². The SMILES string of the molecule is Cc1ccc(OC(C)C(=O)Nc2nnns2)cc1C. The van der Waals surface area contributed by atoms with E-state index in [1.54, 1.807) is 6.92 Å². The smallest absolute Gasteiger partial charge is 0.267 e. The molecule has 0 radical (unpaired) electrons. The van der Waals surface area contributed by atoms with E-state index in [4.69, 9.17) is 4.74 Å². The molecule has 0 aliphatic rings. The molecule has 2 rings (SSSR count). The summed E-state index contributed by atoms with van der Waals surface area (Å²) < 4.78 is 9.15. The molecule has 0 saturated heterocycles. The second-order valence-electron chi connectivity index (χ2n) is 4.16. The monoisotopic (exact) mass is 278 g/mol. The van der Waals surface area contributed by atoms with E-state index in [0.29, 0.717) is 10.9 Å². The maximum absolute atomic E-state index is 11.8. The van der Waals surface area contributed by atoms with E-state index in [0.717, 1.165) is 17.1 Å². The van der Waals surface area contributed by atoms with E-state index in [1.165, 1.54) is 5.56 Å². The molecule has 1 atom stereocenters. The van der Waals surface area contributed by atoms with Crippen molar-refractivity contribution in [3.8, 4) is 5.75 Å². The lowest BCUT2D eigenvalue weighted by Crippen LogP contribution is -2.30. The number of hydrogen-bond acceptors (Lipinski definition) is 6. The number of amides is 1. The first kappa shape index (κ1) is 13.4. The van der Waals surface area contributed by atoms with Crippen molar-refractivity contribution in [1.82, 2.24) is 14.8 Å². The van der Waals surface area contributed by atoms with Crippen LogP contribution in [0.5, 0.6) is 5.75 Å². The van der Waals surface area contributed by atoms with Crippen LogP contribution in [0.1, 0.15) is 18.1 Å². The first-order chi connectivity index (χ1) is 9.06. The van der Waals surface area contributed by atoms with E-state index in [2.05, 4.69) is 20.1 Å². The third-order valence-electron chi connectivity index (χ3n) is 2.69. The van der Waals surface area contributed by atoms with E-state index >= 15 is 0 Å². The van der Waals surface area contributed by atoms with Crippen molar-refractivity contribution in [2.75, 3.05) is 5.32 Å². The number of nitrogens with one attached hydrogen (secondary N) is 1. The van der Waals surface area contributed by atoms with Crippen molar-refractivity contribution in [3.05, 3.63) is 29.3 Å². The van der Waals surface area contributed by atoms with Crippen molar-refractivity contribution in [2.24, 2.45) is 0 Å². The fourth-order valence-corrected chi connectivity index (χ4v) is 1.80. The van der Waals surface area contributed by atoms with Gasteiger partial charge in [-0.15, -0.1) is 0 Å². The maximum atomic E-state index is 11.8. The van der Waals surface area contributed by atoms with Crippen LogP contribution in [0.15, 0.2) is 18.2 Å². The first-order valence-electron chi connectivity index (χ1n) is 5.76. The van der Waals surface area contributed by atoms with Crippen molar-refractivity contribution < 1.29 is 9.53 Å². The van der Waals surface area contributed by atoms with Gasteiger partial charge in [-0.25, -0.2) is 0 Å². The van der Waals surface area contributed by atoms with Crippen molar-refractivity contribution >= 4 is 22.6 Å². The zero-order chi connectivity index (χ0) is 13.8. The lowest BCUT2D eigenvalue weighted by atomic mass is 10.1. The van der Waals surface area contributed by atoms with Crippen LogP contribution in [0.2, 0.25) is 0 Å². The van der Waals surface area contributed by atoms with Gasteiger partial charge in [0, 0.05) is 11.5 Å². The van der Waals surface area contributed by atoms with Gasteiger partial charge >= 0.3 is 0 Å². The predicted molar refractivity (Wildman–Crippen MR) is 72.3 cm³/mol. The molecule has 100 valence electrons. The Labute approximate surface area is 115 Å². The molecule has 19 heavy (non-hydrogen) atoms. The van der Waals surface area contributed by atoms with Crippen LogP contribution < -0.4 is 10.1 Å². The van der Waals surface area contributed by atoms with E-state index < -0.39 is 6.10 Å². The number of aryl methyl sites for hydroxylation is 2. The summed E-state index contributed by atoms with van der Waals surface area (Å²) in [6, 6.07) is 5.72. The molecule has 0 aliphatic heterocycles. The molecule has 0 bridgehead atoms. The Bertz CT molecular complexity index is 571. The highest BCUT2D eigenvalue weighted by Gasteiger charge is 2.16. The van der Waals surface area contributed by atoms with E-state index in [-0.39, 0.29) is 5.91 Å². The molecule has 0 saturated carbocycles. The number of benzene rings is 1. The number of carbonyl (C=O) groups is 1. The number of anilines is 1. The summed E-state index contributed by atoms with van der Waals surface area (Å²) >= 11 is 1.02. The summed E-state index contributed by atoms with van der Waals surface area (Å²) in [4.78, 5) is 11.8. The van der Waals surface area contributed by atoms with Crippen LogP contribution in [0, 0.1) is 13.8 Å². The number of rotatable bonds is 4. The van der Waals surface area contributed by atoms with E-state index in [1.807, 2.05) is 32.0 Å². The molecule has 1 unspecified atom stereocenters. The summed E-state index contributed by atoms with van der Waals surface area (Å²) in [5.74, 6) is 0.387. The summed E-state index contributed by atoms with van der Waals surface area (Å²) in [6.45, 7) is 5.70. The molecule has 6 nitrogen and oxygen atoms in total. The normalized spacial score (nSPS) is 11.9. The predicted octanol–water partition coefficient (Wildman–Crippen LogP) is 1.96. The average molecular weight is 278 g/mol. The zero-order valence-corrected chi connectivity index (χ0v) is 11.7. The number of hydrogen-bond donors (Lipinski definition) is 1. The highest BCUT2D eigenvalue weighted by molar-refractivity contribution is 7.09. The Hall–Kier alpha value is -2.02. The van der Waals surface area contributed by atoms with Gasteiger partial charge in [0.25, 0.3) is 5.91 Å². The molecule has 1 heterocycles. The Morgan fingerprint density at radius 1 is 1.37 bits per heavy atom. The van der Waals surface area contributed by atoms with Gasteiger partial charge in [0.1, 0.15) is 5.75 Å². The Morgan fingerprint density at radius 3 is 2.79 bits per heavy atom. The minimum atomic E-state index is -0.619. The van der Waals surface area contributed by atoms with Crippen LogP contribution in [-0.2, 0) is 4.79 Å². The molecule has 2 aromatic rings. The van der Waals surface area contributed by atoms with Crippen LogP contribution >= 0.6 is 11.5 Å². The van der Waals surface area contributed by atoms with Crippen LogP contribution in [0.3, 0.4) is 0 Å². The molecule has 1 aromatic carbocycles. The Kier molecular flexibility index (Phi) is 4.06. The Morgan fingerprint density at radius 2 is 2.16 bits per heavy atom. The van der Waals surface area contributed by atoms with E-state index in [9.17, 15) is 4.79 Å². The van der Waals surface area contributed by atoms with Gasteiger partial charge in [0.15, 0.2) is 6.10 Å². The maximum Gasteiger partial charge on any atom is 0.267 e. The fraction of sp³-hybridized carbons (Fsp3) is 0.333. The lowest BCUT2D eigenvalue weighted by molar-refractivity contribution is -0.122. The molecular formula is C12H14N4O2S. The molecule has 1 aromatic heterocycles. The summed E-state index contributed by atoms with van der Waals surface area (Å²) in [7, 11) is 0. The summed E-state index contributed by atoms with van der Waals surface area (Å²) in [5.41, 5.74) is 2.31. The Balaban J connectivity index is 1.98. The van der Waals surface area contributed by atoms with Crippen molar-refractivity contribution in [1.29, 1.82) is 0 Å².